The summed E-state index contributed by atoms with van der Waals surface area (Å²) < 4.78 is 21.6. The van der Waals surface area contributed by atoms with E-state index in [1.807, 2.05) is 13.8 Å². The van der Waals surface area contributed by atoms with Gasteiger partial charge in [0.1, 0.15) is 11.6 Å². The molecular formula is C29H45NO8. The minimum Gasteiger partial charge on any atom is -0.468 e. The molecule has 1 unspecified atom stereocenters. The van der Waals surface area contributed by atoms with E-state index in [2.05, 4.69) is 0 Å². The quantitative estimate of drug-likeness (QED) is 0.315. The molecule has 1 aromatic rings. The van der Waals surface area contributed by atoms with Gasteiger partial charge in [-0.05, 0) is 78.5 Å². The molecule has 0 aliphatic rings. The molecule has 0 amide bonds. The second-order valence-corrected chi connectivity index (χ2v) is 12.3. The van der Waals surface area contributed by atoms with E-state index in [1.165, 1.54) is 19.2 Å². The van der Waals surface area contributed by atoms with Crippen LogP contribution in [-0.2, 0) is 35.1 Å². The maximum absolute atomic E-state index is 12.7. The SMILES string of the molecule is COC(=O)C(N)(Cc1ccc(OC(=O)C(C)(C)C)c(OC(=O)C(C)(C)C)c1)C[C@H](C)OC(=O)CCC(C)C. The fraction of sp³-hybridized carbons (Fsp3) is 0.655. The molecule has 1 aromatic carbocycles. The minimum atomic E-state index is -1.54. The molecule has 0 aliphatic heterocycles. The van der Waals surface area contributed by atoms with Crippen molar-refractivity contribution >= 4 is 23.9 Å². The molecule has 9 nitrogen and oxygen atoms in total. The lowest BCUT2D eigenvalue weighted by atomic mass is 9.86. The van der Waals surface area contributed by atoms with Crippen LogP contribution in [-0.4, -0.2) is 42.6 Å². The van der Waals surface area contributed by atoms with Gasteiger partial charge in [0.05, 0.1) is 17.9 Å². The average Bonchev–Trinajstić information content (AvgIpc) is 2.77. The Morgan fingerprint density at radius 1 is 0.842 bits per heavy atom. The third kappa shape index (κ3) is 10.4. The molecule has 0 fully saturated rings. The first-order valence-electron chi connectivity index (χ1n) is 12.9. The number of rotatable bonds is 11. The largest absolute Gasteiger partial charge is 0.468 e. The number of carbonyl (C=O) groups excluding carboxylic acids is 4. The van der Waals surface area contributed by atoms with Crippen molar-refractivity contribution in [3.63, 3.8) is 0 Å². The van der Waals surface area contributed by atoms with Crippen molar-refractivity contribution < 1.29 is 38.1 Å². The van der Waals surface area contributed by atoms with E-state index >= 15 is 0 Å². The summed E-state index contributed by atoms with van der Waals surface area (Å²) >= 11 is 0. The van der Waals surface area contributed by atoms with E-state index < -0.39 is 40.4 Å². The van der Waals surface area contributed by atoms with Crippen LogP contribution in [0.3, 0.4) is 0 Å². The molecule has 1 rings (SSSR count). The highest BCUT2D eigenvalue weighted by molar-refractivity contribution is 5.82. The lowest BCUT2D eigenvalue weighted by Gasteiger charge is -2.29. The summed E-state index contributed by atoms with van der Waals surface area (Å²) in [5.74, 6) is -1.63. The van der Waals surface area contributed by atoms with Gasteiger partial charge in [-0.25, -0.2) is 0 Å². The highest BCUT2D eigenvalue weighted by Gasteiger charge is 2.38. The Kier molecular flexibility index (Phi) is 11.5. The number of esters is 4. The molecule has 2 atom stereocenters. The first kappa shape index (κ1) is 33.1. The fourth-order valence-electron chi connectivity index (χ4n) is 3.37. The van der Waals surface area contributed by atoms with E-state index in [0.29, 0.717) is 17.9 Å². The van der Waals surface area contributed by atoms with Crippen LogP contribution in [0.4, 0.5) is 0 Å². The number of nitrogens with two attached hydrogens (primary N) is 1. The molecular weight excluding hydrogens is 490 g/mol. The van der Waals surface area contributed by atoms with Gasteiger partial charge >= 0.3 is 23.9 Å². The van der Waals surface area contributed by atoms with Gasteiger partial charge in [-0.3, -0.25) is 19.2 Å². The zero-order chi connectivity index (χ0) is 29.5. The summed E-state index contributed by atoms with van der Waals surface area (Å²) in [5, 5.41) is 0. The number of methoxy groups -OCH3 is 1. The van der Waals surface area contributed by atoms with E-state index in [1.54, 1.807) is 54.5 Å². The van der Waals surface area contributed by atoms with Crippen molar-refractivity contribution in [2.75, 3.05) is 7.11 Å². The molecule has 9 heteroatoms. The van der Waals surface area contributed by atoms with Gasteiger partial charge in [-0.2, -0.15) is 0 Å². The van der Waals surface area contributed by atoms with Crippen LogP contribution in [0, 0.1) is 16.7 Å². The highest BCUT2D eigenvalue weighted by atomic mass is 16.6. The lowest BCUT2D eigenvalue weighted by Crippen LogP contribution is -2.53. The first-order chi connectivity index (χ1) is 17.3. The molecule has 0 radical (unpaired) electrons. The third-order valence-electron chi connectivity index (χ3n) is 5.66. The first-order valence-corrected chi connectivity index (χ1v) is 12.9. The normalized spacial score (nSPS) is 14.3. The van der Waals surface area contributed by atoms with Crippen LogP contribution >= 0.6 is 0 Å². The third-order valence-corrected chi connectivity index (χ3v) is 5.66. The Morgan fingerprint density at radius 3 is 1.84 bits per heavy atom. The van der Waals surface area contributed by atoms with Crippen LogP contribution in [0.1, 0.15) is 87.1 Å². The predicted octanol–water partition coefficient (Wildman–Crippen LogP) is 4.76. The second-order valence-electron chi connectivity index (χ2n) is 12.3. The van der Waals surface area contributed by atoms with Crippen molar-refractivity contribution in [2.45, 2.75) is 99.6 Å². The van der Waals surface area contributed by atoms with Crippen molar-refractivity contribution in [2.24, 2.45) is 22.5 Å². The molecule has 0 aliphatic carbocycles. The molecule has 0 spiro atoms. The van der Waals surface area contributed by atoms with Gasteiger partial charge in [0, 0.05) is 19.3 Å². The van der Waals surface area contributed by atoms with Crippen LogP contribution in [0.2, 0.25) is 0 Å². The van der Waals surface area contributed by atoms with Gasteiger partial charge in [0.2, 0.25) is 0 Å². The monoisotopic (exact) mass is 535 g/mol. The fourth-order valence-corrected chi connectivity index (χ4v) is 3.37. The molecule has 38 heavy (non-hydrogen) atoms. The molecule has 0 bridgehead atoms. The van der Waals surface area contributed by atoms with Crippen LogP contribution in [0.15, 0.2) is 18.2 Å². The van der Waals surface area contributed by atoms with E-state index in [-0.39, 0.29) is 36.7 Å². The lowest BCUT2D eigenvalue weighted by molar-refractivity contribution is -0.155. The minimum absolute atomic E-state index is 0.00493. The molecule has 2 N–H and O–H groups in total. The molecule has 0 aromatic heterocycles. The highest BCUT2D eigenvalue weighted by Crippen LogP contribution is 2.34. The molecule has 214 valence electrons. The Balaban J connectivity index is 3.28. The zero-order valence-corrected chi connectivity index (χ0v) is 24.6. The standard InChI is InChI=1S/C29H45NO8/c1-18(2)11-14-23(31)36-19(3)16-29(30,26(34)35-10)17-20-12-13-21(37-24(32)27(4,5)6)22(15-20)38-25(33)28(7,8)9/h12-13,15,18-19H,11,14,16-17,30H2,1-10H3/t19-,29?/m0/s1. The summed E-state index contributed by atoms with van der Waals surface area (Å²) in [6.07, 6.45) is 0.309. The van der Waals surface area contributed by atoms with E-state index in [0.717, 1.165) is 0 Å². The number of hydrogen-bond acceptors (Lipinski definition) is 9. The summed E-state index contributed by atoms with van der Waals surface area (Å²) in [4.78, 5) is 50.1. The Morgan fingerprint density at radius 2 is 1.37 bits per heavy atom. The van der Waals surface area contributed by atoms with Gasteiger partial charge < -0.3 is 24.7 Å². The van der Waals surface area contributed by atoms with Crippen molar-refractivity contribution in [3.05, 3.63) is 23.8 Å². The van der Waals surface area contributed by atoms with Crippen LogP contribution < -0.4 is 15.2 Å². The molecule has 0 heterocycles. The van der Waals surface area contributed by atoms with E-state index in [4.69, 9.17) is 24.7 Å². The van der Waals surface area contributed by atoms with Crippen LogP contribution in [0.25, 0.3) is 0 Å². The number of ether oxygens (including phenoxy) is 4. The van der Waals surface area contributed by atoms with E-state index in [9.17, 15) is 19.2 Å². The Bertz CT molecular complexity index is 1000. The smallest absolute Gasteiger partial charge is 0.326 e. The van der Waals surface area contributed by atoms with Gasteiger partial charge in [-0.15, -0.1) is 0 Å². The zero-order valence-electron chi connectivity index (χ0n) is 24.6. The van der Waals surface area contributed by atoms with Gasteiger partial charge in [0.25, 0.3) is 0 Å². The topological polar surface area (TPSA) is 131 Å². The van der Waals surface area contributed by atoms with Gasteiger partial charge in [-0.1, -0.05) is 19.9 Å². The average molecular weight is 536 g/mol. The predicted molar refractivity (Wildman–Crippen MR) is 144 cm³/mol. The maximum Gasteiger partial charge on any atom is 0.326 e. The Labute approximate surface area is 226 Å². The summed E-state index contributed by atoms with van der Waals surface area (Å²) in [6, 6.07) is 4.64. The van der Waals surface area contributed by atoms with Crippen molar-refractivity contribution in [1.82, 2.24) is 0 Å². The number of benzene rings is 1. The Hall–Kier alpha value is -2.94. The van der Waals surface area contributed by atoms with Crippen molar-refractivity contribution in [3.8, 4) is 11.5 Å². The summed E-state index contributed by atoms with van der Waals surface area (Å²) in [6.45, 7) is 15.9. The second kappa shape index (κ2) is 13.2. The molecule has 0 saturated carbocycles. The number of carbonyl (C=O) groups is 4. The van der Waals surface area contributed by atoms with Crippen LogP contribution in [0.5, 0.6) is 11.5 Å². The summed E-state index contributed by atoms with van der Waals surface area (Å²) in [5.41, 5.74) is 3.90. The maximum atomic E-state index is 12.7. The number of hydrogen-bond donors (Lipinski definition) is 1. The van der Waals surface area contributed by atoms with Crippen molar-refractivity contribution in [1.29, 1.82) is 0 Å². The summed E-state index contributed by atoms with van der Waals surface area (Å²) in [7, 11) is 1.23. The molecule has 0 saturated heterocycles. The van der Waals surface area contributed by atoms with Gasteiger partial charge in [0.15, 0.2) is 11.5 Å².